The molecule has 7 nitrogen and oxygen atoms in total. The summed E-state index contributed by atoms with van der Waals surface area (Å²) in [6.45, 7) is 0.474. The van der Waals surface area contributed by atoms with Gasteiger partial charge in [0.1, 0.15) is 0 Å². The third-order valence-electron chi connectivity index (χ3n) is 5.54. The highest BCUT2D eigenvalue weighted by Crippen LogP contribution is 2.40. The quantitative estimate of drug-likeness (QED) is 0.597. The number of carbonyl (C=O) groups excluding carboxylic acids is 1. The van der Waals surface area contributed by atoms with Crippen molar-refractivity contribution in [1.82, 2.24) is 29.9 Å². The van der Waals surface area contributed by atoms with Crippen LogP contribution in [-0.4, -0.2) is 30.5 Å². The molecule has 3 aromatic rings. The Bertz CT molecular complexity index is 1220. The molecule has 0 saturated carbocycles. The van der Waals surface area contributed by atoms with E-state index in [9.17, 15) is 18.0 Å². The molecule has 5 rings (SSSR count). The lowest BCUT2D eigenvalue weighted by Crippen LogP contribution is -2.23. The Morgan fingerprint density at radius 2 is 1.94 bits per heavy atom. The highest BCUT2D eigenvalue weighted by molar-refractivity contribution is 5.87. The molecule has 0 spiro atoms. The summed E-state index contributed by atoms with van der Waals surface area (Å²) in [6, 6.07) is 1.85. The Balaban J connectivity index is 1.68. The van der Waals surface area contributed by atoms with Crippen molar-refractivity contribution in [2.45, 2.75) is 38.5 Å². The van der Waals surface area contributed by atoms with Crippen LogP contribution in [0.5, 0.6) is 0 Å². The molecule has 31 heavy (non-hydrogen) atoms. The molecular formula is C21H19F3N6O. The first-order chi connectivity index (χ1) is 14.8. The van der Waals surface area contributed by atoms with Gasteiger partial charge in [-0.1, -0.05) is 6.08 Å². The average Bonchev–Trinajstić information content (AvgIpc) is 3.40. The fourth-order valence-electron chi connectivity index (χ4n) is 4.12. The van der Waals surface area contributed by atoms with Gasteiger partial charge >= 0.3 is 6.18 Å². The van der Waals surface area contributed by atoms with Crippen LogP contribution < -0.4 is 5.32 Å². The van der Waals surface area contributed by atoms with Crippen LogP contribution in [0.25, 0.3) is 16.7 Å². The van der Waals surface area contributed by atoms with E-state index >= 15 is 0 Å². The molecule has 0 atom stereocenters. The number of nitrogens with one attached hydrogen (secondary N) is 1. The maximum atomic E-state index is 13.8. The first-order valence-electron chi connectivity index (χ1n) is 9.93. The maximum absolute atomic E-state index is 13.8. The van der Waals surface area contributed by atoms with Crippen LogP contribution in [0.4, 0.5) is 13.2 Å². The Morgan fingerprint density at radius 3 is 2.74 bits per heavy atom. The van der Waals surface area contributed by atoms with Gasteiger partial charge in [0.15, 0.2) is 5.69 Å². The predicted octanol–water partition coefficient (Wildman–Crippen LogP) is 3.10. The fourth-order valence-corrected chi connectivity index (χ4v) is 4.12. The summed E-state index contributed by atoms with van der Waals surface area (Å²) in [5, 5.41) is 11.1. The number of aryl methyl sites for hydroxylation is 2. The van der Waals surface area contributed by atoms with E-state index in [1.165, 1.54) is 10.9 Å². The van der Waals surface area contributed by atoms with E-state index in [1.54, 1.807) is 24.0 Å². The first-order valence-corrected chi connectivity index (χ1v) is 9.93. The summed E-state index contributed by atoms with van der Waals surface area (Å²) >= 11 is 0. The molecule has 0 saturated heterocycles. The zero-order valence-corrected chi connectivity index (χ0v) is 16.7. The highest BCUT2D eigenvalue weighted by Gasteiger charge is 2.39. The lowest BCUT2D eigenvalue weighted by molar-refractivity contribution is -0.141. The van der Waals surface area contributed by atoms with Gasteiger partial charge in [-0.15, -0.1) is 0 Å². The minimum absolute atomic E-state index is 0.0379. The molecule has 4 bridgehead atoms. The molecule has 10 heteroatoms. The second kappa shape index (κ2) is 7.07. The third-order valence-corrected chi connectivity index (χ3v) is 5.54. The van der Waals surface area contributed by atoms with Crippen LogP contribution in [0.15, 0.2) is 30.7 Å². The SMILES string of the molecule is Cn1cc2c(n1)CNC(=O)CCCn1cc(c(C(F)(F)F)n1)C1=CCc3ncc-2cc31. The predicted molar refractivity (Wildman–Crippen MR) is 106 cm³/mol. The van der Waals surface area contributed by atoms with Crippen LogP contribution >= 0.6 is 0 Å². The average molecular weight is 428 g/mol. The number of fused-ring (bicyclic) bond motifs is 6. The zero-order chi connectivity index (χ0) is 21.8. The lowest BCUT2D eigenvalue weighted by Gasteiger charge is -2.10. The van der Waals surface area contributed by atoms with E-state index in [1.807, 2.05) is 12.3 Å². The number of hydrogen-bond acceptors (Lipinski definition) is 4. The van der Waals surface area contributed by atoms with Gasteiger partial charge in [-0.2, -0.15) is 23.4 Å². The number of rotatable bonds is 0. The van der Waals surface area contributed by atoms with E-state index < -0.39 is 11.9 Å². The molecule has 0 unspecified atom stereocenters. The molecule has 0 radical (unpaired) electrons. The van der Waals surface area contributed by atoms with E-state index in [-0.39, 0.29) is 31.0 Å². The topological polar surface area (TPSA) is 77.6 Å². The summed E-state index contributed by atoms with van der Waals surface area (Å²) in [6.07, 6.45) is 3.14. The molecule has 1 amide bonds. The number of allylic oxidation sites excluding steroid dienone is 1. The van der Waals surface area contributed by atoms with Crippen molar-refractivity contribution >= 4 is 11.5 Å². The van der Waals surface area contributed by atoms with Crippen LogP contribution in [0, 0.1) is 0 Å². The Labute approximate surface area is 175 Å². The zero-order valence-electron chi connectivity index (χ0n) is 16.7. The van der Waals surface area contributed by atoms with Gasteiger partial charge in [-0.25, -0.2) is 0 Å². The third kappa shape index (κ3) is 3.51. The number of alkyl halides is 3. The number of amides is 1. The second-order valence-electron chi connectivity index (χ2n) is 7.74. The van der Waals surface area contributed by atoms with E-state index in [2.05, 4.69) is 20.5 Å². The number of pyridine rings is 1. The monoisotopic (exact) mass is 428 g/mol. The molecule has 1 aliphatic carbocycles. The molecule has 4 heterocycles. The Hall–Kier alpha value is -3.43. The van der Waals surface area contributed by atoms with Crippen molar-refractivity contribution in [2.75, 3.05) is 0 Å². The van der Waals surface area contributed by atoms with Gasteiger partial charge in [0.25, 0.3) is 0 Å². The largest absolute Gasteiger partial charge is 0.435 e. The molecule has 0 fully saturated rings. The summed E-state index contributed by atoms with van der Waals surface area (Å²) < 4.78 is 44.2. The van der Waals surface area contributed by atoms with Crippen molar-refractivity contribution in [3.8, 4) is 11.1 Å². The van der Waals surface area contributed by atoms with Crippen LogP contribution in [-0.2, 0) is 37.5 Å². The van der Waals surface area contributed by atoms with Crippen molar-refractivity contribution < 1.29 is 18.0 Å². The van der Waals surface area contributed by atoms with E-state index in [0.29, 0.717) is 29.7 Å². The van der Waals surface area contributed by atoms with Crippen LogP contribution in [0.2, 0.25) is 0 Å². The van der Waals surface area contributed by atoms with Gasteiger partial charge in [0.2, 0.25) is 5.91 Å². The Kier molecular flexibility index (Phi) is 4.45. The van der Waals surface area contributed by atoms with Gasteiger partial charge in [-0.05, 0) is 18.1 Å². The van der Waals surface area contributed by atoms with Crippen LogP contribution in [0.3, 0.4) is 0 Å². The molecule has 1 aliphatic heterocycles. The summed E-state index contributed by atoms with van der Waals surface area (Å²) in [5.41, 5.74) is 3.19. The standard InChI is InChI=1S/C21H19F3N6O/c1-29-10-15-12-7-14-13(4-5-17(14)25-8-12)16-11-30(28-20(16)21(22,23)24)6-2-3-19(31)26-9-18(15)27-29/h4,7-8,10-11H,2-3,5-6,9H2,1H3,(H,26,31). The van der Waals surface area contributed by atoms with Crippen molar-refractivity contribution in [3.05, 3.63) is 58.9 Å². The minimum atomic E-state index is -4.59. The highest BCUT2D eigenvalue weighted by atomic mass is 19.4. The normalized spacial score (nSPS) is 16.3. The lowest BCUT2D eigenvalue weighted by atomic mass is 9.98. The van der Waals surface area contributed by atoms with E-state index in [4.69, 9.17) is 0 Å². The van der Waals surface area contributed by atoms with Crippen molar-refractivity contribution in [3.63, 3.8) is 0 Å². The first kappa shape index (κ1) is 19.5. The Morgan fingerprint density at radius 1 is 1.10 bits per heavy atom. The van der Waals surface area contributed by atoms with E-state index in [0.717, 1.165) is 16.8 Å². The second-order valence-corrected chi connectivity index (χ2v) is 7.74. The summed E-state index contributed by atoms with van der Waals surface area (Å²) in [7, 11) is 1.78. The number of halogens is 3. The number of carbonyl (C=O) groups is 1. The summed E-state index contributed by atoms with van der Waals surface area (Å²) in [4.78, 5) is 16.7. The van der Waals surface area contributed by atoms with Crippen molar-refractivity contribution in [1.29, 1.82) is 0 Å². The molecule has 2 aliphatic rings. The van der Waals surface area contributed by atoms with Crippen LogP contribution in [0.1, 0.15) is 41.1 Å². The van der Waals surface area contributed by atoms with Crippen molar-refractivity contribution in [2.24, 2.45) is 7.05 Å². The number of nitrogens with zero attached hydrogens (tertiary/aromatic N) is 5. The smallest absolute Gasteiger partial charge is 0.350 e. The van der Waals surface area contributed by atoms with Gasteiger partial charge < -0.3 is 5.32 Å². The van der Waals surface area contributed by atoms with Gasteiger partial charge in [-0.3, -0.25) is 19.1 Å². The maximum Gasteiger partial charge on any atom is 0.435 e. The number of aromatic nitrogens is 5. The minimum Gasteiger partial charge on any atom is -0.350 e. The van der Waals surface area contributed by atoms with Gasteiger partial charge in [0, 0.05) is 67.3 Å². The molecule has 3 aromatic heterocycles. The number of hydrogen-bond donors (Lipinski definition) is 1. The molecular weight excluding hydrogens is 409 g/mol. The molecule has 0 aromatic carbocycles. The fraction of sp³-hybridized carbons (Fsp3) is 0.333. The summed E-state index contributed by atoms with van der Waals surface area (Å²) in [5.74, 6) is -0.189. The molecule has 1 N–H and O–H groups in total. The molecule has 160 valence electrons. The van der Waals surface area contributed by atoms with Gasteiger partial charge in [0.05, 0.1) is 17.9 Å².